The van der Waals surface area contributed by atoms with E-state index in [1.54, 1.807) is 0 Å². The van der Waals surface area contributed by atoms with Crippen LogP contribution in [0.4, 0.5) is 5.82 Å². The van der Waals surface area contributed by atoms with E-state index in [2.05, 4.69) is 39.8 Å². The zero-order valence-electron chi connectivity index (χ0n) is 11.6. The van der Waals surface area contributed by atoms with Crippen molar-refractivity contribution in [3.05, 3.63) is 24.3 Å². The minimum absolute atomic E-state index is 0.270. The van der Waals surface area contributed by atoms with Crippen LogP contribution in [0.15, 0.2) is 28.9 Å². The maximum absolute atomic E-state index is 5.80. The number of anilines is 1. The van der Waals surface area contributed by atoms with Crippen molar-refractivity contribution in [2.45, 2.75) is 26.8 Å². The van der Waals surface area contributed by atoms with E-state index in [-0.39, 0.29) is 5.82 Å². The molecule has 0 unspecified atom stereocenters. The number of nitrogens with zero attached hydrogens (tertiary/aromatic N) is 4. The summed E-state index contributed by atoms with van der Waals surface area (Å²) >= 11 is 0. The molecular formula is C14H17N5O. The highest BCUT2D eigenvalue weighted by molar-refractivity contribution is 5.81. The molecule has 6 nitrogen and oxygen atoms in total. The molecule has 0 aliphatic heterocycles. The van der Waals surface area contributed by atoms with Gasteiger partial charge in [-0.3, -0.25) is 0 Å². The first-order valence-electron chi connectivity index (χ1n) is 6.70. The number of nitrogens with two attached hydrogens (primary N) is 1. The molecule has 1 aromatic carbocycles. The summed E-state index contributed by atoms with van der Waals surface area (Å²) < 4.78 is 6.83. The molecule has 0 aliphatic rings. The molecule has 0 bridgehead atoms. The Kier molecular flexibility index (Phi) is 3.14. The van der Waals surface area contributed by atoms with Crippen molar-refractivity contribution >= 4 is 16.9 Å². The van der Waals surface area contributed by atoms with E-state index >= 15 is 0 Å². The molecule has 0 radical (unpaired) electrons. The van der Waals surface area contributed by atoms with E-state index in [4.69, 9.17) is 10.4 Å². The summed E-state index contributed by atoms with van der Waals surface area (Å²) in [6.07, 6.45) is 1.05. The SMILES string of the molecule is CC(C)CCn1c(-c2nonc2N)nc2ccccc21. The molecule has 2 aromatic heterocycles. The number of hydrogen-bond donors (Lipinski definition) is 1. The van der Waals surface area contributed by atoms with Gasteiger partial charge in [-0.05, 0) is 34.8 Å². The predicted octanol–water partition coefficient (Wildman–Crippen LogP) is 2.71. The van der Waals surface area contributed by atoms with E-state index in [0.29, 0.717) is 17.4 Å². The van der Waals surface area contributed by atoms with Crippen LogP contribution in [-0.2, 0) is 6.54 Å². The Bertz CT molecular complexity index is 728. The number of para-hydroxylation sites is 2. The van der Waals surface area contributed by atoms with Crippen LogP contribution in [0.25, 0.3) is 22.6 Å². The second-order valence-electron chi connectivity index (χ2n) is 5.26. The summed E-state index contributed by atoms with van der Waals surface area (Å²) in [6.45, 7) is 5.26. The van der Waals surface area contributed by atoms with Gasteiger partial charge in [-0.1, -0.05) is 26.0 Å². The zero-order valence-corrected chi connectivity index (χ0v) is 11.6. The minimum Gasteiger partial charge on any atom is -0.379 e. The maximum Gasteiger partial charge on any atom is 0.199 e. The molecule has 0 saturated carbocycles. The highest BCUT2D eigenvalue weighted by atomic mass is 16.6. The molecule has 0 fully saturated rings. The standard InChI is InChI=1S/C14H17N5O/c1-9(2)7-8-19-11-6-4-3-5-10(11)16-14(19)12-13(15)18-20-17-12/h3-6,9H,7-8H2,1-2H3,(H2,15,18). The van der Waals surface area contributed by atoms with E-state index in [1.165, 1.54) is 0 Å². The fraction of sp³-hybridized carbons (Fsp3) is 0.357. The lowest BCUT2D eigenvalue weighted by Gasteiger charge is -2.09. The van der Waals surface area contributed by atoms with Crippen molar-refractivity contribution in [2.75, 3.05) is 5.73 Å². The summed E-state index contributed by atoms with van der Waals surface area (Å²) in [6, 6.07) is 8.00. The van der Waals surface area contributed by atoms with Crippen molar-refractivity contribution in [3.63, 3.8) is 0 Å². The first-order chi connectivity index (χ1) is 9.66. The lowest BCUT2D eigenvalue weighted by molar-refractivity contribution is 0.310. The van der Waals surface area contributed by atoms with Crippen LogP contribution in [0.5, 0.6) is 0 Å². The fourth-order valence-corrected chi connectivity index (χ4v) is 2.22. The van der Waals surface area contributed by atoms with Gasteiger partial charge in [-0.2, -0.15) is 0 Å². The van der Waals surface area contributed by atoms with Crippen molar-refractivity contribution in [1.29, 1.82) is 0 Å². The van der Waals surface area contributed by atoms with Crippen molar-refractivity contribution in [1.82, 2.24) is 19.9 Å². The Morgan fingerprint density at radius 3 is 2.75 bits per heavy atom. The average molecular weight is 271 g/mol. The Morgan fingerprint density at radius 1 is 1.25 bits per heavy atom. The van der Waals surface area contributed by atoms with E-state index in [9.17, 15) is 0 Å². The van der Waals surface area contributed by atoms with Crippen LogP contribution in [0.1, 0.15) is 20.3 Å². The van der Waals surface area contributed by atoms with E-state index in [0.717, 1.165) is 24.0 Å². The second-order valence-corrected chi connectivity index (χ2v) is 5.26. The molecule has 0 saturated heterocycles. The number of fused-ring (bicyclic) bond motifs is 1. The second kappa shape index (κ2) is 4.96. The number of rotatable bonds is 4. The zero-order chi connectivity index (χ0) is 14.1. The van der Waals surface area contributed by atoms with Crippen molar-refractivity contribution in [3.8, 4) is 11.5 Å². The summed E-state index contributed by atoms with van der Waals surface area (Å²) in [5, 5.41) is 7.51. The Hall–Kier alpha value is -2.37. The van der Waals surface area contributed by atoms with E-state index < -0.39 is 0 Å². The molecule has 20 heavy (non-hydrogen) atoms. The van der Waals surface area contributed by atoms with Gasteiger partial charge in [-0.15, -0.1) is 0 Å². The van der Waals surface area contributed by atoms with Crippen LogP contribution in [0.3, 0.4) is 0 Å². The number of aromatic nitrogens is 4. The van der Waals surface area contributed by atoms with Crippen LogP contribution in [0.2, 0.25) is 0 Å². The van der Waals surface area contributed by atoms with Crippen LogP contribution >= 0.6 is 0 Å². The number of hydrogen-bond acceptors (Lipinski definition) is 5. The Morgan fingerprint density at radius 2 is 2.05 bits per heavy atom. The molecule has 0 amide bonds. The van der Waals surface area contributed by atoms with Crippen LogP contribution in [-0.4, -0.2) is 19.9 Å². The molecule has 3 aromatic rings. The van der Waals surface area contributed by atoms with Gasteiger partial charge in [0.2, 0.25) is 0 Å². The van der Waals surface area contributed by atoms with Crippen molar-refractivity contribution < 1.29 is 4.63 Å². The van der Waals surface area contributed by atoms with Crippen molar-refractivity contribution in [2.24, 2.45) is 5.92 Å². The lowest BCUT2D eigenvalue weighted by atomic mass is 10.1. The normalized spacial score (nSPS) is 11.6. The summed E-state index contributed by atoms with van der Waals surface area (Å²) in [7, 11) is 0. The summed E-state index contributed by atoms with van der Waals surface area (Å²) in [4.78, 5) is 4.61. The third-order valence-corrected chi connectivity index (χ3v) is 3.31. The highest BCUT2D eigenvalue weighted by Gasteiger charge is 2.18. The van der Waals surface area contributed by atoms with Gasteiger partial charge < -0.3 is 10.3 Å². The molecule has 2 N–H and O–H groups in total. The molecule has 0 spiro atoms. The number of nitrogen functional groups attached to an aromatic ring is 1. The number of benzene rings is 1. The van der Waals surface area contributed by atoms with Gasteiger partial charge >= 0.3 is 0 Å². The number of aryl methyl sites for hydroxylation is 1. The lowest BCUT2D eigenvalue weighted by Crippen LogP contribution is -2.04. The highest BCUT2D eigenvalue weighted by Crippen LogP contribution is 2.27. The predicted molar refractivity (Wildman–Crippen MR) is 76.9 cm³/mol. The quantitative estimate of drug-likeness (QED) is 0.788. The van der Waals surface area contributed by atoms with Crippen LogP contribution in [0, 0.1) is 5.92 Å². The molecule has 6 heteroatoms. The molecular weight excluding hydrogens is 254 g/mol. The summed E-state index contributed by atoms with van der Waals surface area (Å²) in [5.41, 5.74) is 8.30. The average Bonchev–Trinajstić information content (AvgIpc) is 2.99. The topological polar surface area (TPSA) is 82.8 Å². The molecule has 0 aliphatic carbocycles. The third-order valence-electron chi connectivity index (χ3n) is 3.31. The first-order valence-corrected chi connectivity index (χ1v) is 6.70. The molecule has 2 heterocycles. The van der Waals surface area contributed by atoms with Gasteiger partial charge in [0, 0.05) is 6.54 Å². The molecule has 104 valence electrons. The third kappa shape index (κ3) is 2.13. The Labute approximate surface area is 116 Å². The van der Waals surface area contributed by atoms with Gasteiger partial charge in [-0.25, -0.2) is 9.61 Å². The smallest absolute Gasteiger partial charge is 0.199 e. The van der Waals surface area contributed by atoms with Gasteiger partial charge in [0.15, 0.2) is 17.3 Å². The van der Waals surface area contributed by atoms with Crippen LogP contribution < -0.4 is 5.73 Å². The minimum atomic E-state index is 0.270. The largest absolute Gasteiger partial charge is 0.379 e. The van der Waals surface area contributed by atoms with Gasteiger partial charge in [0.25, 0.3) is 0 Å². The van der Waals surface area contributed by atoms with Gasteiger partial charge in [0.1, 0.15) is 0 Å². The first kappa shape index (κ1) is 12.7. The van der Waals surface area contributed by atoms with E-state index in [1.807, 2.05) is 18.2 Å². The molecule has 3 rings (SSSR count). The maximum atomic E-state index is 5.80. The summed E-state index contributed by atoms with van der Waals surface area (Å²) in [5.74, 6) is 1.59. The Balaban J connectivity index is 2.15. The monoisotopic (exact) mass is 271 g/mol. The van der Waals surface area contributed by atoms with Gasteiger partial charge in [0.05, 0.1) is 11.0 Å². The number of imidazole rings is 1. The molecule has 0 atom stereocenters. The fourth-order valence-electron chi connectivity index (χ4n) is 2.22.